The molecule has 0 radical (unpaired) electrons. The molecule has 1 aliphatic heterocycles. The molecule has 1 aliphatic rings. The maximum Gasteiger partial charge on any atom is 0.416 e. The molecule has 29 heavy (non-hydrogen) atoms. The molecule has 0 saturated carbocycles. The topological polar surface area (TPSA) is 49.4 Å². The molecule has 1 N–H and O–H groups in total. The van der Waals surface area contributed by atoms with Crippen LogP contribution in [-0.2, 0) is 15.8 Å². The Morgan fingerprint density at radius 3 is 2.52 bits per heavy atom. The lowest BCUT2D eigenvalue weighted by atomic mass is 9.96. The zero-order chi connectivity index (χ0) is 21.2. The molecule has 1 saturated heterocycles. The van der Waals surface area contributed by atoms with Crippen LogP contribution in [0.4, 0.5) is 13.2 Å². The van der Waals surface area contributed by atoms with E-state index in [4.69, 9.17) is 12.2 Å². The number of hydrogen-bond acceptors (Lipinski definition) is 3. The summed E-state index contributed by atoms with van der Waals surface area (Å²) in [5, 5.41) is 2.41. The van der Waals surface area contributed by atoms with E-state index in [0.717, 1.165) is 12.1 Å². The molecule has 0 bridgehead atoms. The number of benzene rings is 2. The van der Waals surface area contributed by atoms with Crippen molar-refractivity contribution >= 4 is 35.2 Å². The summed E-state index contributed by atoms with van der Waals surface area (Å²) in [5.74, 6) is -1.27. The number of rotatable bonds is 4. The minimum absolute atomic E-state index is 0.0248. The summed E-state index contributed by atoms with van der Waals surface area (Å²) in [4.78, 5) is 26.2. The van der Waals surface area contributed by atoms with Gasteiger partial charge in [0.15, 0.2) is 5.11 Å². The summed E-state index contributed by atoms with van der Waals surface area (Å²) in [6.07, 6.45) is -1.66. The van der Waals surface area contributed by atoms with Crippen LogP contribution in [0.15, 0.2) is 66.8 Å². The predicted octanol–water partition coefficient (Wildman–Crippen LogP) is 4.19. The first kappa shape index (κ1) is 20.5. The fourth-order valence-corrected chi connectivity index (χ4v) is 3.14. The minimum Gasteiger partial charge on any atom is -0.298 e. The van der Waals surface area contributed by atoms with Gasteiger partial charge in [-0.2, -0.15) is 13.2 Å². The number of nitrogens with zero attached hydrogens (tertiary/aromatic N) is 1. The number of hydrogen-bond donors (Lipinski definition) is 1. The Hall–Kier alpha value is -3.26. The van der Waals surface area contributed by atoms with Crippen LogP contribution in [0, 0.1) is 0 Å². The van der Waals surface area contributed by atoms with E-state index >= 15 is 0 Å². The number of carbonyl (C=O) groups is 2. The van der Waals surface area contributed by atoms with Gasteiger partial charge in [0.2, 0.25) is 0 Å². The van der Waals surface area contributed by atoms with Gasteiger partial charge in [-0.1, -0.05) is 42.5 Å². The lowest BCUT2D eigenvalue weighted by molar-refractivity contribution is -0.137. The Kier molecular flexibility index (Phi) is 5.65. The van der Waals surface area contributed by atoms with Crippen LogP contribution in [-0.4, -0.2) is 28.4 Å². The van der Waals surface area contributed by atoms with Crippen molar-refractivity contribution < 1.29 is 22.8 Å². The van der Waals surface area contributed by atoms with Gasteiger partial charge in [0.1, 0.15) is 5.57 Å². The molecule has 0 atom stereocenters. The van der Waals surface area contributed by atoms with Crippen LogP contribution in [0.5, 0.6) is 0 Å². The molecule has 2 aromatic carbocycles. The van der Waals surface area contributed by atoms with Crippen molar-refractivity contribution in [1.29, 1.82) is 0 Å². The Labute approximate surface area is 170 Å². The summed E-state index contributed by atoms with van der Waals surface area (Å²) >= 11 is 5.01. The van der Waals surface area contributed by atoms with E-state index in [1.165, 1.54) is 29.2 Å². The van der Waals surface area contributed by atoms with E-state index in [2.05, 4.69) is 11.9 Å². The second-order valence-corrected chi connectivity index (χ2v) is 6.57. The van der Waals surface area contributed by atoms with Crippen molar-refractivity contribution in [3.05, 3.63) is 77.9 Å². The van der Waals surface area contributed by atoms with Crippen molar-refractivity contribution in [2.75, 3.05) is 6.54 Å². The zero-order valence-electron chi connectivity index (χ0n) is 15.0. The third-order valence-corrected chi connectivity index (χ3v) is 4.58. The van der Waals surface area contributed by atoms with E-state index in [-0.39, 0.29) is 17.2 Å². The molecular weight excluding hydrogens is 401 g/mol. The molecule has 1 fully saturated rings. The molecule has 3 rings (SSSR count). The fourth-order valence-electron chi connectivity index (χ4n) is 2.89. The molecule has 4 nitrogen and oxygen atoms in total. The van der Waals surface area contributed by atoms with Gasteiger partial charge in [-0.15, -0.1) is 6.58 Å². The lowest BCUT2D eigenvalue weighted by Gasteiger charge is -2.27. The normalized spacial score (nSPS) is 16.2. The third kappa shape index (κ3) is 4.27. The Bertz CT molecular complexity index is 1040. The van der Waals surface area contributed by atoms with E-state index < -0.39 is 23.6 Å². The highest BCUT2D eigenvalue weighted by molar-refractivity contribution is 7.80. The summed E-state index contributed by atoms with van der Waals surface area (Å²) in [6.45, 7) is 3.67. The molecule has 0 aliphatic carbocycles. The van der Waals surface area contributed by atoms with E-state index in [9.17, 15) is 22.8 Å². The van der Waals surface area contributed by atoms with Crippen molar-refractivity contribution in [2.24, 2.45) is 0 Å². The van der Waals surface area contributed by atoms with E-state index in [1.807, 2.05) is 0 Å². The summed E-state index contributed by atoms with van der Waals surface area (Å²) in [5.41, 5.74) is 0.243. The Morgan fingerprint density at radius 1 is 1.10 bits per heavy atom. The van der Waals surface area contributed by atoms with Crippen LogP contribution in [0.2, 0.25) is 0 Å². The van der Waals surface area contributed by atoms with Crippen LogP contribution < -0.4 is 5.32 Å². The van der Waals surface area contributed by atoms with Crippen LogP contribution in [0.3, 0.4) is 0 Å². The Morgan fingerprint density at radius 2 is 1.83 bits per heavy atom. The maximum atomic E-state index is 13.1. The Balaban J connectivity index is 2.08. The first-order valence-electron chi connectivity index (χ1n) is 8.49. The second kappa shape index (κ2) is 8.00. The highest BCUT2D eigenvalue weighted by Crippen LogP contribution is 2.33. The monoisotopic (exact) mass is 416 g/mol. The predicted molar refractivity (Wildman–Crippen MR) is 108 cm³/mol. The minimum atomic E-state index is -4.48. The van der Waals surface area contributed by atoms with Crippen molar-refractivity contribution in [2.45, 2.75) is 6.18 Å². The standard InChI is InChI=1S/C21H15F3N2O2S/c1-2-10-26-19(28)17(18(27)25-20(26)29)12-14-6-3-4-9-16(14)13-7-5-8-15(11-13)21(22,23)24/h2-9,11-12H,1,10H2,(H,25,27,29). The number of carbonyl (C=O) groups excluding carboxylic acids is 2. The molecule has 1 heterocycles. The average molecular weight is 416 g/mol. The van der Waals surface area contributed by atoms with Gasteiger partial charge >= 0.3 is 6.18 Å². The van der Waals surface area contributed by atoms with Gasteiger partial charge < -0.3 is 0 Å². The SMILES string of the molecule is C=CCN1C(=O)C(=Cc2ccccc2-c2cccc(C(F)(F)F)c2)C(=O)NC1=S. The summed E-state index contributed by atoms with van der Waals surface area (Å²) in [6, 6.07) is 11.4. The van der Waals surface area contributed by atoms with Gasteiger partial charge in [-0.25, -0.2) is 0 Å². The third-order valence-electron chi connectivity index (χ3n) is 4.26. The largest absolute Gasteiger partial charge is 0.416 e. The number of halogens is 3. The maximum absolute atomic E-state index is 13.1. The first-order valence-corrected chi connectivity index (χ1v) is 8.89. The number of nitrogens with one attached hydrogen (secondary N) is 1. The van der Waals surface area contributed by atoms with Gasteiger partial charge in [0.25, 0.3) is 11.8 Å². The number of alkyl halides is 3. The summed E-state index contributed by atoms with van der Waals surface area (Å²) in [7, 11) is 0. The molecule has 2 amide bonds. The van der Waals surface area contributed by atoms with Crippen LogP contribution in [0.1, 0.15) is 11.1 Å². The number of amides is 2. The lowest BCUT2D eigenvalue weighted by Crippen LogP contribution is -2.53. The van der Waals surface area contributed by atoms with Gasteiger partial charge in [-0.3, -0.25) is 19.8 Å². The van der Waals surface area contributed by atoms with E-state index in [1.54, 1.807) is 24.3 Å². The quantitative estimate of drug-likeness (QED) is 0.352. The van der Waals surface area contributed by atoms with Gasteiger partial charge in [0, 0.05) is 6.54 Å². The van der Waals surface area contributed by atoms with Crippen LogP contribution >= 0.6 is 12.2 Å². The molecular formula is C21H15F3N2O2S. The molecule has 0 aromatic heterocycles. The van der Waals surface area contributed by atoms with Gasteiger partial charge in [-0.05, 0) is 47.1 Å². The van der Waals surface area contributed by atoms with Gasteiger partial charge in [0.05, 0.1) is 5.56 Å². The van der Waals surface area contributed by atoms with Crippen LogP contribution in [0.25, 0.3) is 17.2 Å². The molecule has 148 valence electrons. The average Bonchev–Trinajstić information content (AvgIpc) is 2.68. The highest BCUT2D eigenvalue weighted by Gasteiger charge is 2.33. The van der Waals surface area contributed by atoms with Crippen molar-refractivity contribution in [3.63, 3.8) is 0 Å². The first-order chi connectivity index (χ1) is 13.7. The molecule has 8 heteroatoms. The van der Waals surface area contributed by atoms with E-state index in [0.29, 0.717) is 16.7 Å². The number of thiocarbonyl (C=S) groups is 1. The summed E-state index contributed by atoms with van der Waals surface area (Å²) < 4.78 is 39.2. The second-order valence-electron chi connectivity index (χ2n) is 6.19. The molecule has 0 spiro atoms. The molecule has 2 aromatic rings. The molecule has 0 unspecified atom stereocenters. The van der Waals surface area contributed by atoms with Crippen molar-refractivity contribution in [3.8, 4) is 11.1 Å². The fraction of sp³-hybridized carbons (Fsp3) is 0.0952. The highest BCUT2D eigenvalue weighted by atomic mass is 32.1. The van der Waals surface area contributed by atoms with Crippen molar-refractivity contribution in [1.82, 2.24) is 10.2 Å². The zero-order valence-corrected chi connectivity index (χ0v) is 15.8. The smallest absolute Gasteiger partial charge is 0.298 e.